The topological polar surface area (TPSA) is 49.9 Å². The van der Waals surface area contributed by atoms with E-state index >= 15 is 0 Å². The van der Waals surface area contributed by atoms with E-state index in [4.69, 9.17) is 4.52 Å². The molecule has 1 unspecified atom stereocenters. The molecular weight excluding hydrogens is 240 g/mol. The average molecular weight is 257 g/mol. The van der Waals surface area contributed by atoms with Crippen molar-refractivity contribution in [2.24, 2.45) is 0 Å². The molecule has 1 aliphatic rings. The van der Waals surface area contributed by atoms with Crippen molar-refractivity contribution >= 4 is 0 Å². The molecule has 98 valence electrons. The van der Waals surface area contributed by atoms with Gasteiger partial charge in [-0.15, -0.1) is 0 Å². The van der Waals surface area contributed by atoms with Crippen LogP contribution in [0.4, 0.5) is 0 Å². The molecule has 1 aromatic heterocycles. The highest BCUT2D eigenvalue weighted by Crippen LogP contribution is 2.24. The smallest absolute Gasteiger partial charge is 0.283 e. The number of aromatic nitrogens is 2. The fourth-order valence-corrected chi connectivity index (χ4v) is 2.52. The third-order valence-corrected chi connectivity index (χ3v) is 3.58. The van der Waals surface area contributed by atoms with Crippen molar-refractivity contribution in [3.63, 3.8) is 0 Å². The minimum Gasteiger partial charge on any atom is -0.283 e. The summed E-state index contributed by atoms with van der Waals surface area (Å²) < 4.78 is 6.73. The predicted octanol–water partition coefficient (Wildman–Crippen LogP) is 2.38. The highest BCUT2D eigenvalue weighted by atomic mass is 16.5. The van der Waals surface area contributed by atoms with Crippen LogP contribution in [0.25, 0.3) is 5.69 Å². The van der Waals surface area contributed by atoms with Gasteiger partial charge in [0.2, 0.25) is 5.69 Å². The summed E-state index contributed by atoms with van der Waals surface area (Å²) >= 11 is 0. The van der Waals surface area contributed by atoms with Gasteiger partial charge in [0.1, 0.15) is 0 Å². The Kier molecular flexibility index (Phi) is 3.07. The van der Waals surface area contributed by atoms with E-state index in [0.717, 1.165) is 24.9 Å². The van der Waals surface area contributed by atoms with E-state index < -0.39 is 0 Å². The van der Waals surface area contributed by atoms with Gasteiger partial charge in [-0.2, -0.15) is 0 Å². The highest BCUT2D eigenvalue weighted by Gasteiger charge is 2.30. The summed E-state index contributed by atoms with van der Waals surface area (Å²) in [6.45, 7) is 2.04. The van der Waals surface area contributed by atoms with E-state index in [9.17, 15) is 4.79 Å². The molecule has 0 saturated heterocycles. The van der Waals surface area contributed by atoms with Crippen molar-refractivity contribution in [3.05, 3.63) is 58.1 Å². The van der Waals surface area contributed by atoms with E-state index in [-0.39, 0.29) is 11.5 Å². The van der Waals surface area contributed by atoms with Gasteiger partial charge in [-0.05, 0) is 36.1 Å². The number of allylic oxidation sites excluding steroid dienone is 2. The zero-order chi connectivity index (χ0) is 13.2. The van der Waals surface area contributed by atoms with Gasteiger partial charge in [0.05, 0.1) is 5.92 Å². The second-order valence-corrected chi connectivity index (χ2v) is 5.00. The number of hydrogen-bond donors (Lipinski definition) is 1. The molecule has 0 radical (unpaired) electrons. The van der Waals surface area contributed by atoms with Crippen LogP contribution in [0.1, 0.15) is 36.4 Å². The maximum absolute atomic E-state index is 11.9. The second kappa shape index (κ2) is 4.88. The van der Waals surface area contributed by atoms with Gasteiger partial charge < -0.3 is 0 Å². The lowest BCUT2D eigenvalue weighted by atomic mass is 9.93. The Bertz CT molecular complexity index is 650. The Labute approximate surface area is 111 Å². The zero-order valence-electron chi connectivity index (χ0n) is 10.9. The minimum atomic E-state index is -0.280. The molecule has 1 aliphatic carbocycles. The molecule has 0 saturated carbocycles. The van der Waals surface area contributed by atoms with Crippen molar-refractivity contribution in [3.8, 4) is 5.69 Å². The number of nitrogens with one attached hydrogen (secondary N) is 1. The van der Waals surface area contributed by atoms with Crippen LogP contribution in [0.2, 0.25) is 0 Å². The lowest BCUT2D eigenvalue weighted by Crippen LogP contribution is -2.40. The van der Waals surface area contributed by atoms with Crippen molar-refractivity contribution in [1.29, 1.82) is 0 Å². The third kappa shape index (κ3) is 2.26. The zero-order valence-corrected chi connectivity index (χ0v) is 10.9. The Morgan fingerprint density at radius 2 is 2.11 bits per heavy atom. The molecule has 1 atom stereocenters. The molecule has 0 spiro atoms. The van der Waals surface area contributed by atoms with Gasteiger partial charge >= 0.3 is 11.3 Å². The molecule has 0 fully saturated rings. The van der Waals surface area contributed by atoms with Crippen molar-refractivity contribution in [2.45, 2.75) is 32.1 Å². The molecule has 0 amide bonds. The van der Waals surface area contributed by atoms with Crippen LogP contribution < -0.4 is 10.3 Å². The van der Waals surface area contributed by atoms with Crippen LogP contribution >= 0.6 is 0 Å². The van der Waals surface area contributed by atoms with Crippen molar-refractivity contribution in [2.75, 3.05) is 0 Å². The maximum Gasteiger partial charge on any atom is 0.431 e. The lowest BCUT2D eigenvalue weighted by Gasteiger charge is -2.10. The summed E-state index contributed by atoms with van der Waals surface area (Å²) in [5, 5.41) is 2.70. The van der Waals surface area contributed by atoms with Crippen molar-refractivity contribution < 1.29 is 9.20 Å². The fourth-order valence-electron chi connectivity index (χ4n) is 2.52. The highest BCUT2D eigenvalue weighted by molar-refractivity contribution is 5.27. The largest absolute Gasteiger partial charge is 0.431 e. The van der Waals surface area contributed by atoms with Crippen LogP contribution in [0.5, 0.6) is 0 Å². The van der Waals surface area contributed by atoms with E-state index in [1.54, 1.807) is 4.68 Å². The monoisotopic (exact) mass is 257 g/mol. The van der Waals surface area contributed by atoms with Crippen LogP contribution in [0.15, 0.2) is 45.7 Å². The van der Waals surface area contributed by atoms with Crippen LogP contribution in [-0.2, 0) is 0 Å². The molecule has 1 N–H and O–H groups in total. The maximum atomic E-state index is 11.9. The molecule has 3 rings (SSSR count). The minimum absolute atomic E-state index is 0.137. The lowest BCUT2D eigenvalue weighted by molar-refractivity contribution is -0.678. The van der Waals surface area contributed by atoms with Gasteiger partial charge in [-0.25, -0.2) is 4.79 Å². The molecule has 1 aromatic carbocycles. The molecule has 19 heavy (non-hydrogen) atoms. The quantitative estimate of drug-likeness (QED) is 0.663. The number of aromatic amines is 1. The number of benzene rings is 1. The number of nitrogens with zero attached hydrogens (tertiary/aromatic N) is 1. The number of hydrogen-bond acceptors (Lipinski definition) is 2. The first kappa shape index (κ1) is 12.0. The van der Waals surface area contributed by atoms with Crippen LogP contribution in [0, 0.1) is 6.92 Å². The van der Waals surface area contributed by atoms with Gasteiger partial charge in [-0.3, -0.25) is 4.52 Å². The Morgan fingerprint density at radius 1 is 1.32 bits per heavy atom. The number of H-pyrrole nitrogens is 1. The number of rotatable bonds is 2. The Hall–Kier alpha value is -2.10. The standard InChI is InChI=1S/C15H16N2O2/c1-11-7-9-13(10-8-11)17-14(15(18)19-16-17)12-5-3-2-4-6-12/h3,5,7-10,12H,2,4,6H2,1H3/p+1. The summed E-state index contributed by atoms with van der Waals surface area (Å²) in [4.78, 5) is 11.9. The van der Waals surface area contributed by atoms with Gasteiger partial charge in [0.15, 0.2) is 0 Å². The van der Waals surface area contributed by atoms with Crippen LogP contribution in [-0.4, -0.2) is 5.27 Å². The molecule has 4 heteroatoms. The normalized spacial score (nSPS) is 18.7. The molecule has 0 bridgehead atoms. The average Bonchev–Trinajstić information content (AvgIpc) is 2.82. The first-order valence-corrected chi connectivity index (χ1v) is 6.63. The van der Waals surface area contributed by atoms with Crippen molar-refractivity contribution in [1.82, 2.24) is 5.27 Å². The summed E-state index contributed by atoms with van der Waals surface area (Å²) in [7, 11) is 0. The first-order chi connectivity index (χ1) is 9.25. The molecule has 4 nitrogen and oxygen atoms in total. The molecule has 1 heterocycles. The fraction of sp³-hybridized carbons (Fsp3) is 0.333. The second-order valence-electron chi connectivity index (χ2n) is 5.00. The summed E-state index contributed by atoms with van der Waals surface area (Å²) in [6.07, 6.45) is 7.44. The SMILES string of the molecule is Cc1ccc(-[n+]2[nH]oc(=O)c2C2C=CCCC2)cc1. The summed E-state index contributed by atoms with van der Waals surface area (Å²) in [5.41, 5.74) is 2.51. The predicted molar refractivity (Wildman–Crippen MR) is 71.3 cm³/mol. The summed E-state index contributed by atoms with van der Waals surface area (Å²) in [6, 6.07) is 8.01. The van der Waals surface area contributed by atoms with Gasteiger partial charge in [0, 0.05) is 12.1 Å². The summed E-state index contributed by atoms with van der Waals surface area (Å²) in [5.74, 6) is 0.137. The first-order valence-electron chi connectivity index (χ1n) is 6.63. The van der Waals surface area contributed by atoms with E-state index in [0.29, 0.717) is 5.69 Å². The van der Waals surface area contributed by atoms with Gasteiger partial charge in [-0.1, -0.05) is 29.8 Å². The van der Waals surface area contributed by atoms with E-state index in [2.05, 4.69) is 17.4 Å². The molecule has 2 aromatic rings. The molecule has 0 aliphatic heterocycles. The third-order valence-electron chi connectivity index (χ3n) is 3.58. The van der Waals surface area contributed by atoms with Crippen LogP contribution in [0.3, 0.4) is 0 Å². The van der Waals surface area contributed by atoms with Gasteiger partial charge in [0.25, 0.3) is 0 Å². The van der Waals surface area contributed by atoms with E-state index in [1.807, 2.05) is 31.2 Å². The number of aryl methyl sites for hydroxylation is 1. The molecular formula is C15H17N2O2+. The van der Waals surface area contributed by atoms with E-state index in [1.165, 1.54) is 5.56 Å². The Balaban J connectivity index is 2.07. The Morgan fingerprint density at radius 3 is 2.79 bits per heavy atom.